The zero-order valence-corrected chi connectivity index (χ0v) is 11.8. The largest absolute Gasteiger partial charge is 0.357 e. The van der Waals surface area contributed by atoms with Gasteiger partial charge in [0.2, 0.25) is 0 Å². The van der Waals surface area contributed by atoms with E-state index in [4.69, 9.17) is 0 Å². The molecule has 0 saturated heterocycles. The maximum absolute atomic E-state index is 13.7. The molecule has 0 fully saturated rings. The molecule has 0 bridgehead atoms. The molecule has 5 heteroatoms. The second kappa shape index (κ2) is 6.01. The Kier molecular flexibility index (Phi) is 3.92. The summed E-state index contributed by atoms with van der Waals surface area (Å²) < 4.78 is 26.6. The van der Waals surface area contributed by atoms with E-state index in [9.17, 15) is 8.78 Å². The van der Waals surface area contributed by atoms with E-state index in [1.165, 1.54) is 23.5 Å². The predicted octanol–water partition coefficient (Wildman–Crippen LogP) is 4.70. The number of benzene rings is 2. The summed E-state index contributed by atoms with van der Waals surface area (Å²) in [7, 11) is 0. The number of hydrogen-bond donors (Lipinski definition) is 1. The number of aromatic nitrogens is 1. The van der Waals surface area contributed by atoms with Gasteiger partial charge in [0.15, 0.2) is 5.13 Å². The van der Waals surface area contributed by atoms with Gasteiger partial charge in [0, 0.05) is 23.6 Å². The summed E-state index contributed by atoms with van der Waals surface area (Å²) >= 11 is 1.39. The molecular weight excluding hydrogens is 290 g/mol. The molecule has 21 heavy (non-hydrogen) atoms. The van der Waals surface area contributed by atoms with Crippen LogP contribution >= 0.6 is 11.3 Å². The van der Waals surface area contributed by atoms with Crippen molar-refractivity contribution < 1.29 is 8.78 Å². The average Bonchev–Trinajstić information content (AvgIpc) is 2.95. The van der Waals surface area contributed by atoms with Crippen molar-refractivity contribution in [2.45, 2.75) is 6.54 Å². The van der Waals surface area contributed by atoms with Crippen LogP contribution in [0.2, 0.25) is 0 Å². The highest BCUT2D eigenvalue weighted by molar-refractivity contribution is 7.14. The number of anilines is 1. The van der Waals surface area contributed by atoms with Crippen LogP contribution in [0.1, 0.15) is 5.56 Å². The molecule has 2 nitrogen and oxygen atoms in total. The van der Waals surface area contributed by atoms with Crippen molar-refractivity contribution >= 4 is 16.5 Å². The Morgan fingerprint density at radius 2 is 1.86 bits per heavy atom. The summed E-state index contributed by atoms with van der Waals surface area (Å²) in [4.78, 5) is 4.33. The van der Waals surface area contributed by atoms with E-state index >= 15 is 0 Å². The van der Waals surface area contributed by atoms with E-state index in [-0.39, 0.29) is 0 Å². The van der Waals surface area contributed by atoms with Gasteiger partial charge in [-0.15, -0.1) is 11.3 Å². The summed E-state index contributed by atoms with van der Waals surface area (Å²) in [6, 6.07) is 13.4. The molecule has 1 aromatic heterocycles. The second-order valence-electron chi connectivity index (χ2n) is 4.50. The summed E-state index contributed by atoms with van der Waals surface area (Å²) in [6.45, 7) is 0.652. The van der Waals surface area contributed by atoms with Gasteiger partial charge in [-0.2, -0.15) is 0 Å². The van der Waals surface area contributed by atoms with E-state index in [0.29, 0.717) is 22.9 Å². The minimum Gasteiger partial charge on any atom is -0.357 e. The van der Waals surface area contributed by atoms with Gasteiger partial charge in [-0.05, 0) is 17.7 Å². The molecule has 1 N–H and O–H groups in total. The maximum atomic E-state index is 13.7. The highest BCUT2D eigenvalue weighted by atomic mass is 32.1. The average molecular weight is 302 g/mol. The van der Waals surface area contributed by atoms with Crippen molar-refractivity contribution in [3.8, 4) is 11.3 Å². The Morgan fingerprint density at radius 3 is 2.62 bits per heavy atom. The van der Waals surface area contributed by atoms with Crippen LogP contribution in [-0.4, -0.2) is 4.98 Å². The van der Waals surface area contributed by atoms with Crippen LogP contribution in [0, 0.1) is 11.6 Å². The second-order valence-corrected chi connectivity index (χ2v) is 5.36. The smallest absolute Gasteiger partial charge is 0.183 e. The van der Waals surface area contributed by atoms with E-state index in [0.717, 1.165) is 11.6 Å². The lowest BCUT2D eigenvalue weighted by molar-refractivity contribution is 0.585. The molecule has 3 aromatic rings. The fourth-order valence-electron chi connectivity index (χ4n) is 1.95. The third-order valence-electron chi connectivity index (χ3n) is 3.00. The minimum atomic E-state index is -0.602. The molecule has 106 valence electrons. The van der Waals surface area contributed by atoms with E-state index in [1.54, 1.807) is 5.38 Å². The Hall–Kier alpha value is -2.27. The first kappa shape index (κ1) is 13.7. The number of halogens is 2. The maximum Gasteiger partial charge on any atom is 0.183 e. The lowest BCUT2D eigenvalue weighted by Gasteiger charge is -2.02. The fraction of sp³-hybridized carbons (Fsp3) is 0.0625. The number of hydrogen-bond acceptors (Lipinski definition) is 3. The molecule has 0 aliphatic rings. The van der Waals surface area contributed by atoms with Crippen molar-refractivity contribution in [2.24, 2.45) is 0 Å². The SMILES string of the molecule is Fc1ccc(-c2csc(NCc3ccccc3)n2)c(F)c1. The molecule has 0 unspecified atom stereocenters. The summed E-state index contributed by atoms with van der Waals surface area (Å²) in [6.07, 6.45) is 0. The van der Waals surface area contributed by atoms with Crippen LogP contribution < -0.4 is 5.32 Å². The van der Waals surface area contributed by atoms with Gasteiger partial charge in [-0.1, -0.05) is 30.3 Å². The molecular formula is C16H12F2N2S. The Bertz CT molecular complexity index is 741. The van der Waals surface area contributed by atoms with Crippen LogP contribution in [0.5, 0.6) is 0 Å². The molecule has 3 rings (SSSR count). The van der Waals surface area contributed by atoms with E-state index in [1.807, 2.05) is 30.3 Å². The predicted molar refractivity (Wildman–Crippen MR) is 81.2 cm³/mol. The zero-order chi connectivity index (χ0) is 14.7. The number of nitrogens with one attached hydrogen (secondary N) is 1. The van der Waals surface area contributed by atoms with E-state index < -0.39 is 11.6 Å². The first-order valence-corrected chi connectivity index (χ1v) is 7.29. The van der Waals surface area contributed by atoms with Gasteiger partial charge in [0.25, 0.3) is 0 Å². The van der Waals surface area contributed by atoms with Crippen molar-refractivity contribution in [2.75, 3.05) is 5.32 Å². The Balaban J connectivity index is 1.74. The van der Waals surface area contributed by atoms with Gasteiger partial charge < -0.3 is 5.32 Å². The van der Waals surface area contributed by atoms with Crippen LogP contribution in [0.25, 0.3) is 11.3 Å². The first-order valence-electron chi connectivity index (χ1n) is 6.41. The molecule has 0 amide bonds. The third kappa shape index (κ3) is 3.25. The molecule has 0 atom stereocenters. The van der Waals surface area contributed by atoms with Crippen LogP contribution in [-0.2, 0) is 6.54 Å². The standard InChI is InChI=1S/C16H12F2N2S/c17-12-6-7-13(14(18)8-12)15-10-21-16(20-15)19-9-11-4-2-1-3-5-11/h1-8,10H,9H2,(H,19,20). The Labute approximate surface area is 125 Å². The van der Waals surface area contributed by atoms with Crippen LogP contribution in [0.15, 0.2) is 53.9 Å². The van der Waals surface area contributed by atoms with Crippen molar-refractivity contribution in [1.29, 1.82) is 0 Å². The topological polar surface area (TPSA) is 24.9 Å². The van der Waals surface area contributed by atoms with Crippen LogP contribution in [0.3, 0.4) is 0 Å². The molecule has 0 saturated carbocycles. The third-order valence-corrected chi connectivity index (χ3v) is 3.80. The van der Waals surface area contributed by atoms with Crippen molar-refractivity contribution in [1.82, 2.24) is 4.98 Å². The Morgan fingerprint density at radius 1 is 1.05 bits per heavy atom. The van der Waals surface area contributed by atoms with Crippen molar-refractivity contribution in [3.63, 3.8) is 0 Å². The van der Waals surface area contributed by atoms with Gasteiger partial charge >= 0.3 is 0 Å². The monoisotopic (exact) mass is 302 g/mol. The lowest BCUT2D eigenvalue weighted by atomic mass is 10.1. The lowest BCUT2D eigenvalue weighted by Crippen LogP contribution is -1.98. The highest BCUT2D eigenvalue weighted by Crippen LogP contribution is 2.27. The van der Waals surface area contributed by atoms with Crippen molar-refractivity contribution in [3.05, 3.63) is 71.1 Å². The van der Waals surface area contributed by atoms with E-state index in [2.05, 4.69) is 10.3 Å². The van der Waals surface area contributed by atoms with Gasteiger partial charge in [0.1, 0.15) is 11.6 Å². The normalized spacial score (nSPS) is 10.6. The molecule has 1 heterocycles. The van der Waals surface area contributed by atoms with Gasteiger partial charge in [-0.25, -0.2) is 13.8 Å². The molecule has 0 aliphatic carbocycles. The minimum absolute atomic E-state index is 0.306. The number of nitrogens with zero attached hydrogens (tertiary/aromatic N) is 1. The molecule has 0 radical (unpaired) electrons. The van der Waals surface area contributed by atoms with Gasteiger partial charge in [-0.3, -0.25) is 0 Å². The zero-order valence-electron chi connectivity index (χ0n) is 11.0. The van der Waals surface area contributed by atoms with Crippen LogP contribution in [0.4, 0.5) is 13.9 Å². The molecule has 0 spiro atoms. The highest BCUT2D eigenvalue weighted by Gasteiger charge is 2.10. The summed E-state index contributed by atoms with van der Waals surface area (Å²) in [5.41, 5.74) is 1.95. The molecule has 2 aromatic carbocycles. The van der Waals surface area contributed by atoms with Gasteiger partial charge in [0.05, 0.1) is 5.69 Å². The molecule has 0 aliphatic heterocycles. The number of rotatable bonds is 4. The summed E-state index contributed by atoms with van der Waals surface area (Å²) in [5, 5.41) is 5.65. The quantitative estimate of drug-likeness (QED) is 0.755. The summed E-state index contributed by atoms with van der Waals surface area (Å²) in [5.74, 6) is -1.19. The first-order chi connectivity index (χ1) is 10.2. The fourth-order valence-corrected chi connectivity index (χ4v) is 2.66. The number of thiazole rings is 1.